The predicted molar refractivity (Wildman–Crippen MR) is 64.2 cm³/mol. The van der Waals surface area contributed by atoms with Gasteiger partial charge >= 0.3 is 0 Å². The Morgan fingerprint density at radius 2 is 1.81 bits per heavy atom. The highest BCUT2D eigenvalue weighted by Crippen LogP contribution is 2.84. The van der Waals surface area contributed by atoms with E-state index in [1.165, 1.54) is 32.1 Å². The van der Waals surface area contributed by atoms with Gasteiger partial charge in [0.2, 0.25) is 0 Å². The largest absolute Gasteiger partial charge is 0.362 e. The highest BCUT2D eigenvalue weighted by molar-refractivity contribution is 5.36. The zero-order valence-electron chi connectivity index (χ0n) is 11.1. The minimum Gasteiger partial charge on any atom is -0.362 e. The lowest BCUT2D eigenvalue weighted by Gasteiger charge is -2.52. The minimum atomic E-state index is 0.262. The molecule has 1 aliphatic heterocycles. The number of rotatable bonds is 0. The molecule has 2 spiro atoms. The maximum absolute atomic E-state index is 6.36. The normalized spacial score (nSPS) is 65.2. The lowest BCUT2D eigenvalue weighted by Crippen LogP contribution is -2.49. The Bertz CT molecular complexity index is 374. The van der Waals surface area contributed by atoms with Crippen LogP contribution in [0, 0.1) is 22.7 Å². The summed E-state index contributed by atoms with van der Waals surface area (Å²) in [5.74, 6) is 1.79. The average molecular weight is 220 g/mol. The van der Waals surface area contributed by atoms with E-state index in [1.807, 2.05) is 0 Å². The summed E-state index contributed by atoms with van der Waals surface area (Å²) < 4.78 is 6.36. The van der Waals surface area contributed by atoms with Crippen LogP contribution in [0.4, 0.5) is 0 Å². The smallest absolute Gasteiger partial charge is 0.104 e. The predicted octanol–water partition coefficient (Wildman–Crippen LogP) is 3.77. The zero-order valence-corrected chi connectivity index (χ0v) is 11.1. The molecule has 4 fully saturated rings. The van der Waals surface area contributed by atoms with E-state index in [-0.39, 0.29) is 5.60 Å². The number of hydrogen-bond acceptors (Lipinski definition) is 1. The molecule has 0 aromatic carbocycles. The SMILES string of the molecule is C[C@@H]1CC[C@@H]2C[C@@]34O[C@]3(C)CC[C@]14C2(C)C. The van der Waals surface area contributed by atoms with Crippen LogP contribution in [0.25, 0.3) is 0 Å². The van der Waals surface area contributed by atoms with Crippen molar-refractivity contribution in [3.8, 4) is 0 Å². The highest BCUT2D eigenvalue weighted by atomic mass is 16.6. The topological polar surface area (TPSA) is 12.5 Å². The Morgan fingerprint density at radius 3 is 2.50 bits per heavy atom. The molecule has 90 valence electrons. The number of hydrogen-bond donors (Lipinski definition) is 0. The molecule has 5 atom stereocenters. The number of epoxide rings is 1. The monoisotopic (exact) mass is 220 g/mol. The minimum absolute atomic E-state index is 0.262. The van der Waals surface area contributed by atoms with Crippen LogP contribution in [0.2, 0.25) is 0 Å². The molecule has 0 amide bonds. The molecule has 0 aromatic heterocycles. The van der Waals surface area contributed by atoms with E-state index in [0.717, 1.165) is 11.8 Å². The zero-order chi connectivity index (χ0) is 11.4. The van der Waals surface area contributed by atoms with Crippen molar-refractivity contribution in [2.75, 3.05) is 0 Å². The van der Waals surface area contributed by atoms with Crippen molar-refractivity contribution in [2.45, 2.75) is 71.0 Å². The molecule has 3 saturated carbocycles. The van der Waals surface area contributed by atoms with Crippen molar-refractivity contribution >= 4 is 0 Å². The van der Waals surface area contributed by atoms with Gasteiger partial charge in [0.15, 0.2) is 0 Å². The van der Waals surface area contributed by atoms with E-state index in [1.54, 1.807) is 0 Å². The first-order valence-corrected chi connectivity index (χ1v) is 7.10. The summed E-state index contributed by atoms with van der Waals surface area (Å²) in [7, 11) is 0. The van der Waals surface area contributed by atoms with E-state index in [0.29, 0.717) is 16.4 Å². The molecule has 4 aliphatic rings. The fraction of sp³-hybridized carbons (Fsp3) is 1.00. The summed E-state index contributed by atoms with van der Waals surface area (Å²) in [6, 6.07) is 0. The van der Waals surface area contributed by atoms with Crippen LogP contribution in [0.1, 0.15) is 59.8 Å². The molecule has 0 radical (unpaired) electrons. The molecule has 1 heterocycles. The van der Waals surface area contributed by atoms with Crippen LogP contribution in [0.15, 0.2) is 0 Å². The van der Waals surface area contributed by atoms with E-state index < -0.39 is 0 Å². The van der Waals surface area contributed by atoms with Gasteiger partial charge < -0.3 is 4.74 Å². The van der Waals surface area contributed by atoms with Gasteiger partial charge in [0.05, 0.1) is 5.60 Å². The Hall–Kier alpha value is -0.0400. The van der Waals surface area contributed by atoms with Crippen LogP contribution in [-0.2, 0) is 4.74 Å². The van der Waals surface area contributed by atoms with Crippen LogP contribution < -0.4 is 0 Å². The third-order valence-electron chi connectivity index (χ3n) is 7.42. The van der Waals surface area contributed by atoms with Crippen LogP contribution in [0.5, 0.6) is 0 Å². The Morgan fingerprint density at radius 1 is 1.06 bits per heavy atom. The lowest BCUT2D eigenvalue weighted by atomic mass is 9.52. The Kier molecular flexibility index (Phi) is 1.40. The fourth-order valence-corrected chi connectivity index (χ4v) is 6.50. The van der Waals surface area contributed by atoms with E-state index in [9.17, 15) is 0 Å². The first kappa shape index (κ1) is 9.94. The van der Waals surface area contributed by atoms with E-state index in [4.69, 9.17) is 4.74 Å². The van der Waals surface area contributed by atoms with Gasteiger partial charge in [-0.15, -0.1) is 0 Å². The fourth-order valence-electron chi connectivity index (χ4n) is 6.50. The second-order valence-corrected chi connectivity index (χ2v) is 7.73. The molecule has 1 heteroatoms. The summed E-state index contributed by atoms with van der Waals surface area (Å²) in [6.45, 7) is 9.95. The summed E-state index contributed by atoms with van der Waals surface area (Å²) >= 11 is 0. The van der Waals surface area contributed by atoms with Gasteiger partial charge in [-0.25, -0.2) is 0 Å². The maximum atomic E-state index is 6.36. The van der Waals surface area contributed by atoms with Crippen LogP contribution in [0.3, 0.4) is 0 Å². The van der Waals surface area contributed by atoms with E-state index in [2.05, 4.69) is 27.7 Å². The molecular weight excluding hydrogens is 196 g/mol. The molecular formula is C15H24O. The van der Waals surface area contributed by atoms with Gasteiger partial charge in [0.25, 0.3) is 0 Å². The highest BCUT2D eigenvalue weighted by Gasteiger charge is 2.88. The van der Waals surface area contributed by atoms with Crippen molar-refractivity contribution in [3.05, 3.63) is 0 Å². The molecule has 2 bridgehead atoms. The van der Waals surface area contributed by atoms with Gasteiger partial charge in [-0.3, -0.25) is 0 Å². The average Bonchev–Trinajstić information content (AvgIpc) is 2.67. The third kappa shape index (κ3) is 0.652. The van der Waals surface area contributed by atoms with Crippen molar-refractivity contribution in [3.63, 3.8) is 0 Å². The Balaban J connectivity index is 1.95. The molecule has 1 saturated heterocycles. The molecule has 4 rings (SSSR count). The Labute approximate surface area is 98.9 Å². The first-order valence-electron chi connectivity index (χ1n) is 7.10. The standard InChI is InChI=1S/C15H24O/c1-10-5-6-11-9-15-13(4,16-15)7-8-14(10,15)12(11,2)3/h10-11H,5-9H2,1-4H3/t10-,11-,13-,14-,15-/m1/s1. The summed E-state index contributed by atoms with van der Waals surface area (Å²) in [5.41, 5.74) is 1.58. The molecule has 0 aromatic rings. The summed E-state index contributed by atoms with van der Waals surface area (Å²) in [5, 5.41) is 0. The lowest BCUT2D eigenvalue weighted by molar-refractivity contribution is -0.0665. The van der Waals surface area contributed by atoms with Gasteiger partial charge in [-0.2, -0.15) is 0 Å². The van der Waals surface area contributed by atoms with Crippen molar-refractivity contribution in [1.29, 1.82) is 0 Å². The number of fused-ring (bicyclic) bond motifs is 1. The van der Waals surface area contributed by atoms with Crippen LogP contribution in [-0.4, -0.2) is 11.2 Å². The van der Waals surface area contributed by atoms with Crippen molar-refractivity contribution < 1.29 is 4.74 Å². The molecule has 3 aliphatic carbocycles. The summed E-state index contributed by atoms with van der Waals surface area (Å²) in [6.07, 6.45) is 6.98. The second kappa shape index (κ2) is 2.25. The van der Waals surface area contributed by atoms with Crippen molar-refractivity contribution in [1.82, 2.24) is 0 Å². The molecule has 1 nitrogen and oxygen atoms in total. The first-order chi connectivity index (χ1) is 7.40. The third-order valence-corrected chi connectivity index (χ3v) is 7.42. The molecule has 0 N–H and O–H groups in total. The maximum Gasteiger partial charge on any atom is 0.104 e. The van der Waals surface area contributed by atoms with Gasteiger partial charge in [-0.1, -0.05) is 20.8 Å². The number of ether oxygens (including phenoxy) is 1. The van der Waals surface area contributed by atoms with Crippen molar-refractivity contribution in [2.24, 2.45) is 22.7 Å². The van der Waals surface area contributed by atoms with Gasteiger partial charge in [0.1, 0.15) is 5.60 Å². The van der Waals surface area contributed by atoms with Gasteiger partial charge in [-0.05, 0) is 56.3 Å². The molecule has 16 heavy (non-hydrogen) atoms. The summed E-state index contributed by atoms with van der Waals surface area (Å²) in [4.78, 5) is 0. The van der Waals surface area contributed by atoms with E-state index >= 15 is 0 Å². The molecule has 0 unspecified atom stereocenters. The van der Waals surface area contributed by atoms with Crippen LogP contribution >= 0.6 is 0 Å². The second-order valence-electron chi connectivity index (χ2n) is 7.73. The van der Waals surface area contributed by atoms with Gasteiger partial charge in [0, 0.05) is 5.41 Å². The quantitative estimate of drug-likeness (QED) is 0.566.